The maximum atomic E-state index is 12.9. The van der Waals surface area contributed by atoms with Crippen molar-refractivity contribution in [2.45, 2.75) is 33.2 Å². The van der Waals surface area contributed by atoms with Crippen LogP contribution in [-0.2, 0) is 27.3 Å². The van der Waals surface area contributed by atoms with Crippen molar-refractivity contribution >= 4 is 45.8 Å². The summed E-state index contributed by atoms with van der Waals surface area (Å²) >= 11 is 0.981. The van der Waals surface area contributed by atoms with Gasteiger partial charge in [0.25, 0.3) is 11.1 Å². The number of imide groups is 1. The summed E-state index contributed by atoms with van der Waals surface area (Å²) in [4.78, 5) is 41.4. The fourth-order valence-electron chi connectivity index (χ4n) is 4.11. The van der Waals surface area contributed by atoms with Gasteiger partial charge in [0.05, 0.1) is 23.6 Å². The highest BCUT2D eigenvalue weighted by Gasteiger charge is 2.34. The van der Waals surface area contributed by atoms with Crippen molar-refractivity contribution in [3.8, 4) is 0 Å². The second-order valence-corrected chi connectivity index (χ2v) is 8.70. The summed E-state index contributed by atoms with van der Waals surface area (Å²) in [5, 5.41) is 0.759. The van der Waals surface area contributed by atoms with E-state index in [4.69, 9.17) is 4.74 Å². The van der Waals surface area contributed by atoms with Gasteiger partial charge in [-0.1, -0.05) is 32.0 Å². The molecule has 2 aromatic rings. The van der Waals surface area contributed by atoms with Crippen molar-refractivity contribution in [2.75, 3.05) is 32.8 Å². The molecule has 0 N–H and O–H groups in total. The van der Waals surface area contributed by atoms with E-state index < -0.39 is 0 Å². The van der Waals surface area contributed by atoms with Crippen molar-refractivity contribution in [2.24, 2.45) is 0 Å². The third-order valence-electron chi connectivity index (χ3n) is 5.67. The Morgan fingerprint density at radius 3 is 2.68 bits per heavy atom. The van der Waals surface area contributed by atoms with Gasteiger partial charge in [-0.25, -0.2) is 0 Å². The van der Waals surface area contributed by atoms with Gasteiger partial charge in [-0.05, 0) is 36.2 Å². The van der Waals surface area contributed by atoms with E-state index in [0.29, 0.717) is 37.8 Å². The number of carbonyl (C=O) groups is 3. The van der Waals surface area contributed by atoms with Gasteiger partial charge in [-0.3, -0.25) is 19.3 Å². The number of nitrogens with zero attached hydrogens (tertiary/aromatic N) is 3. The number of para-hydroxylation sites is 1. The molecule has 0 atom stereocenters. The molecule has 1 aromatic carbocycles. The molecular weight excluding hydrogens is 414 g/mol. The highest BCUT2D eigenvalue weighted by molar-refractivity contribution is 8.18. The van der Waals surface area contributed by atoms with Crippen molar-refractivity contribution in [1.29, 1.82) is 0 Å². The molecule has 2 fully saturated rings. The number of fused-ring (bicyclic) bond motifs is 1. The molecule has 0 unspecified atom stereocenters. The summed E-state index contributed by atoms with van der Waals surface area (Å²) in [7, 11) is 0. The molecule has 7 nitrogen and oxygen atoms in total. The first kappa shape index (κ1) is 21.6. The van der Waals surface area contributed by atoms with Crippen LogP contribution in [0.25, 0.3) is 17.0 Å². The molecule has 8 heteroatoms. The first-order chi connectivity index (χ1) is 15.0. The summed E-state index contributed by atoms with van der Waals surface area (Å²) in [5.41, 5.74) is 3.00. The smallest absolute Gasteiger partial charge is 0.293 e. The van der Waals surface area contributed by atoms with Gasteiger partial charge in [-0.15, -0.1) is 0 Å². The number of rotatable bonds is 6. The zero-order valence-electron chi connectivity index (χ0n) is 17.9. The van der Waals surface area contributed by atoms with Gasteiger partial charge in [0, 0.05) is 36.8 Å². The SMILES string of the molecule is CCCN1C(=O)S/C(=C\c2cn(CC(=O)N3CCOCC3)c3c(CC)cccc23)C1=O. The van der Waals surface area contributed by atoms with Crippen molar-refractivity contribution in [1.82, 2.24) is 14.4 Å². The molecule has 4 rings (SSSR count). The fourth-order valence-corrected chi connectivity index (χ4v) is 4.96. The molecule has 2 saturated heterocycles. The fraction of sp³-hybridized carbons (Fsp3) is 0.435. The summed E-state index contributed by atoms with van der Waals surface area (Å²) in [6, 6.07) is 6.07. The van der Waals surface area contributed by atoms with Gasteiger partial charge in [0.2, 0.25) is 5.91 Å². The minimum atomic E-state index is -0.242. The zero-order valence-corrected chi connectivity index (χ0v) is 18.7. The number of amides is 3. The van der Waals surface area contributed by atoms with Crippen LogP contribution in [0.1, 0.15) is 31.4 Å². The summed E-state index contributed by atoms with van der Waals surface area (Å²) < 4.78 is 7.34. The number of aromatic nitrogens is 1. The lowest BCUT2D eigenvalue weighted by Gasteiger charge is -2.27. The van der Waals surface area contributed by atoms with Gasteiger partial charge in [0.1, 0.15) is 6.54 Å². The van der Waals surface area contributed by atoms with Crippen LogP contribution in [0.2, 0.25) is 0 Å². The maximum Gasteiger partial charge on any atom is 0.293 e. The Hall–Kier alpha value is -2.58. The quantitative estimate of drug-likeness (QED) is 0.642. The van der Waals surface area contributed by atoms with E-state index in [9.17, 15) is 14.4 Å². The second kappa shape index (κ2) is 9.28. The molecule has 0 saturated carbocycles. The molecule has 0 aliphatic carbocycles. The van der Waals surface area contributed by atoms with Gasteiger partial charge < -0.3 is 14.2 Å². The monoisotopic (exact) mass is 441 g/mol. The van der Waals surface area contributed by atoms with Gasteiger partial charge in [0.15, 0.2) is 0 Å². The van der Waals surface area contributed by atoms with E-state index in [2.05, 4.69) is 13.0 Å². The number of morpholine rings is 1. The normalized spacial score (nSPS) is 18.6. The van der Waals surface area contributed by atoms with E-state index in [0.717, 1.165) is 46.6 Å². The number of ether oxygens (including phenoxy) is 1. The van der Waals surface area contributed by atoms with Crippen LogP contribution >= 0.6 is 11.8 Å². The predicted molar refractivity (Wildman–Crippen MR) is 122 cm³/mol. The molecule has 31 heavy (non-hydrogen) atoms. The zero-order chi connectivity index (χ0) is 22.0. The van der Waals surface area contributed by atoms with Gasteiger partial charge >= 0.3 is 0 Å². The number of hydrogen-bond donors (Lipinski definition) is 0. The van der Waals surface area contributed by atoms with Crippen LogP contribution in [-0.4, -0.2) is 64.3 Å². The molecule has 164 valence electrons. The Bertz CT molecular complexity index is 1050. The highest BCUT2D eigenvalue weighted by Crippen LogP contribution is 2.35. The molecule has 1 aromatic heterocycles. The minimum absolute atomic E-state index is 0.0564. The van der Waals surface area contributed by atoms with E-state index in [1.54, 1.807) is 6.08 Å². The third-order valence-corrected chi connectivity index (χ3v) is 6.58. The molecule has 2 aliphatic rings. The summed E-state index contributed by atoms with van der Waals surface area (Å²) in [5.74, 6) is -0.185. The molecule has 2 aliphatic heterocycles. The number of hydrogen-bond acceptors (Lipinski definition) is 5. The standard InChI is InChI=1S/C23H27N3O4S/c1-3-8-26-22(28)19(31-23(26)29)13-17-14-25(15-20(27)24-9-11-30-12-10-24)21-16(4-2)6-5-7-18(17)21/h5-7,13-14H,3-4,8-12,15H2,1-2H3/b19-13-. The number of thioether (sulfide) groups is 1. The Kier molecular flexibility index (Phi) is 6.48. The predicted octanol–water partition coefficient (Wildman–Crippen LogP) is 3.51. The van der Waals surface area contributed by atoms with E-state index in [1.807, 2.05) is 34.7 Å². The van der Waals surface area contributed by atoms with Crippen LogP contribution in [0, 0.1) is 0 Å². The summed E-state index contributed by atoms with van der Waals surface area (Å²) in [6.07, 6.45) is 5.28. The molecule has 3 heterocycles. The maximum absolute atomic E-state index is 12.9. The first-order valence-corrected chi connectivity index (χ1v) is 11.6. The minimum Gasteiger partial charge on any atom is -0.378 e. The number of carbonyl (C=O) groups excluding carboxylic acids is 3. The Labute approximate surface area is 186 Å². The topological polar surface area (TPSA) is 71.8 Å². The van der Waals surface area contributed by atoms with Crippen LogP contribution in [0.4, 0.5) is 4.79 Å². The second-order valence-electron chi connectivity index (χ2n) is 7.71. The lowest BCUT2D eigenvalue weighted by Crippen LogP contribution is -2.42. The molecule has 0 radical (unpaired) electrons. The highest BCUT2D eigenvalue weighted by atomic mass is 32.2. The average Bonchev–Trinajstić information content (AvgIpc) is 3.26. The van der Waals surface area contributed by atoms with E-state index >= 15 is 0 Å². The molecule has 3 amide bonds. The Balaban J connectivity index is 1.71. The van der Waals surface area contributed by atoms with Crippen molar-refractivity contribution in [3.05, 3.63) is 40.4 Å². The number of aryl methyl sites for hydroxylation is 1. The third kappa shape index (κ3) is 4.27. The van der Waals surface area contributed by atoms with Crippen LogP contribution in [0.15, 0.2) is 29.3 Å². The number of benzene rings is 1. The van der Waals surface area contributed by atoms with Crippen molar-refractivity contribution < 1.29 is 19.1 Å². The first-order valence-electron chi connectivity index (χ1n) is 10.7. The molecular formula is C23H27N3O4S. The molecule has 0 spiro atoms. The Morgan fingerprint density at radius 2 is 1.97 bits per heavy atom. The van der Waals surface area contributed by atoms with E-state index in [-0.39, 0.29) is 23.6 Å². The average molecular weight is 442 g/mol. The summed E-state index contributed by atoms with van der Waals surface area (Å²) in [6.45, 7) is 7.04. The van der Waals surface area contributed by atoms with Crippen LogP contribution in [0.5, 0.6) is 0 Å². The lowest BCUT2D eigenvalue weighted by molar-refractivity contribution is -0.135. The lowest BCUT2D eigenvalue weighted by atomic mass is 10.1. The van der Waals surface area contributed by atoms with Crippen LogP contribution < -0.4 is 0 Å². The van der Waals surface area contributed by atoms with Gasteiger partial charge in [-0.2, -0.15) is 0 Å². The Morgan fingerprint density at radius 1 is 1.19 bits per heavy atom. The molecule has 0 bridgehead atoms. The van der Waals surface area contributed by atoms with Crippen molar-refractivity contribution in [3.63, 3.8) is 0 Å². The van der Waals surface area contributed by atoms with E-state index in [1.165, 1.54) is 4.90 Å². The van der Waals surface area contributed by atoms with Crippen LogP contribution in [0.3, 0.4) is 0 Å². The largest absolute Gasteiger partial charge is 0.378 e.